The number of thiocarbonyl (C=S) groups is 1. The number of rotatable bonds is 4. The van der Waals surface area contributed by atoms with Gasteiger partial charge in [0.2, 0.25) is 0 Å². The number of carbonyl (C=O) groups excluding carboxylic acids is 1. The van der Waals surface area contributed by atoms with E-state index >= 15 is 0 Å². The largest absolute Gasteiger partial charge is 0.389 e. The summed E-state index contributed by atoms with van der Waals surface area (Å²) in [6.45, 7) is 2.39. The van der Waals surface area contributed by atoms with Crippen molar-refractivity contribution in [2.75, 3.05) is 0 Å². The highest BCUT2D eigenvalue weighted by molar-refractivity contribution is 7.80. The van der Waals surface area contributed by atoms with Crippen LogP contribution in [0.1, 0.15) is 27.0 Å². The van der Waals surface area contributed by atoms with Crippen LogP contribution in [0.2, 0.25) is 0 Å². The maximum atomic E-state index is 12.0. The molecule has 0 bridgehead atoms. The van der Waals surface area contributed by atoms with Crippen molar-refractivity contribution >= 4 is 34.5 Å². The molecule has 0 unspecified atom stereocenters. The lowest BCUT2D eigenvalue weighted by Gasteiger charge is -2.06. The second-order valence-corrected chi connectivity index (χ2v) is 5.40. The number of amides is 1. The van der Waals surface area contributed by atoms with Crippen LogP contribution in [0.25, 0.3) is 0 Å². The molecule has 3 N–H and O–H groups in total. The van der Waals surface area contributed by atoms with Crippen molar-refractivity contribution in [3.8, 4) is 0 Å². The summed E-state index contributed by atoms with van der Waals surface area (Å²) >= 11 is 6.46. The molecule has 0 saturated carbocycles. The molecule has 0 fully saturated rings. The number of hydrogen-bond acceptors (Lipinski definition) is 3. The first-order chi connectivity index (χ1) is 9.08. The number of benzene rings is 1. The first kappa shape index (κ1) is 13.7. The molecule has 0 aliphatic rings. The van der Waals surface area contributed by atoms with Gasteiger partial charge in [-0.15, -0.1) is 0 Å². The lowest BCUT2D eigenvalue weighted by Crippen LogP contribution is -2.23. The first-order valence-corrected chi connectivity index (χ1v) is 7.13. The van der Waals surface area contributed by atoms with E-state index in [1.54, 1.807) is 0 Å². The van der Waals surface area contributed by atoms with Crippen molar-refractivity contribution in [2.45, 2.75) is 13.5 Å². The van der Waals surface area contributed by atoms with Crippen molar-refractivity contribution < 1.29 is 4.79 Å². The molecule has 1 heterocycles. The highest BCUT2D eigenvalue weighted by Gasteiger charge is 2.09. The number of thiophene rings is 1. The van der Waals surface area contributed by atoms with Gasteiger partial charge < -0.3 is 11.1 Å². The van der Waals surface area contributed by atoms with Gasteiger partial charge in [-0.05, 0) is 29.5 Å². The molecular formula is C14H14N2OS2. The van der Waals surface area contributed by atoms with Gasteiger partial charge in [0.1, 0.15) is 4.99 Å². The van der Waals surface area contributed by atoms with Crippen molar-refractivity contribution in [3.05, 3.63) is 57.3 Å². The van der Waals surface area contributed by atoms with Gasteiger partial charge in [0.25, 0.3) is 5.91 Å². The number of aryl methyl sites for hydroxylation is 1. The SMILES string of the molecule is Cc1cscc1C(=O)NCc1cccc(C(N)=S)c1. The van der Waals surface area contributed by atoms with Crippen LogP contribution in [0.15, 0.2) is 35.0 Å². The van der Waals surface area contributed by atoms with Crippen LogP contribution in [0.3, 0.4) is 0 Å². The van der Waals surface area contributed by atoms with Crippen LogP contribution >= 0.6 is 23.6 Å². The van der Waals surface area contributed by atoms with E-state index in [0.29, 0.717) is 11.5 Å². The third kappa shape index (κ3) is 3.39. The van der Waals surface area contributed by atoms with Crippen LogP contribution < -0.4 is 11.1 Å². The molecule has 0 aliphatic carbocycles. The summed E-state index contributed by atoms with van der Waals surface area (Å²) in [4.78, 5) is 12.3. The normalized spacial score (nSPS) is 10.2. The molecule has 3 nitrogen and oxygen atoms in total. The zero-order valence-corrected chi connectivity index (χ0v) is 12.1. The van der Waals surface area contributed by atoms with Gasteiger partial charge in [-0.2, -0.15) is 11.3 Å². The van der Waals surface area contributed by atoms with Crippen LogP contribution in [-0.2, 0) is 6.54 Å². The number of carbonyl (C=O) groups is 1. The van der Waals surface area contributed by atoms with Gasteiger partial charge in [0, 0.05) is 17.5 Å². The van der Waals surface area contributed by atoms with E-state index in [0.717, 1.165) is 22.3 Å². The number of hydrogen-bond donors (Lipinski definition) is 2. The Bertz CT molecular complexity index is 619. The summed E-state index contributed by atoms with van der Waals surface area (Å²) in [5.41, 5.74) is 9.10. The minimum Gasteiger partial charge on any atom is -0.389 e. The predicted octanol–water partition coefficient (Wildman–Crippen LogP) is 2.62. The van der Waals surface area contributed by atoms with Gasteiger partial charge in [0.15, 0.2) is 0 Å². The Hall–Kier alpha value is -1.72. The van der Waals surface area contributed by atoms with Gasteiger partial charge in [-0.3, -0.25) is 4.79 Å². The standard InChI is InChI=1S/C14H14N2OS2/c1-9-7-19-8-12(9)14(17)16-6-10-3-2-4-11(5-10)13(15)18/h2-5,7-8H,6H2,1H3,(H2,15,18)(H,16,17). The van der Waals surface area contributed by atoms with Gasteiger partial charge in [0.05, 0.1) is 5.56 Å². The minimum atomic E-state index is -0.0560. The van der Waals surface area contributed by atoms with Gasteiger partial charge >= 0.3 is 0 Å². The van der Waals surface area contributed by atoms with E-state index in [1.807, 2.05) is 41.9 Å². The molecule has 0 saturated heterocycles. The van der Waals surface area contributed by atoms with Crippen LogP contribution in [-0.4, -0.2) is 10.9 Å². The Morgan fingerprint density at radius 3 is 2.84 bits per heavy atom. The Balaban J connectivity index is 2.03. The van der Waals surface area contributed by atoms with Crippen molar-refractivity contribution in [2.24, 2.45) is 5.73 Å². The Morgan fingerprint density at radius 2 is 2.21 bits per heavy atom. The third-order valence-corrected chi connectivity index (χ3v) is 3.86. The lowest BCUT2D eigenvalue weighted by atomic mass is 10.1. The fourth-order valence-electron chi connectivity index (χ4n) is 1.71. The molecule has 5 heteroatoms. The average Bonchev–Trinajstić information content (AvgIpc) is 2.82. The summed E-state index contributed by atoms with van der Waals surface area (Å²) in [5, 5.41) is 6.71. The maximum Gasteiger partial charge on any atom is 0.252 e. The molecule has 1 aromatic carbocycles. The predicted molar refractivity (Wildman–Crippen MR) is 82.6 cm³/mol. The van der Waals surface area contributed by atoms with Crippen molar-refractivity contribution in [3.63, 3.8) is 0 Å². The van der Waals surface area contributed by atoms with Crippen molar-refractivity contribution in [1.82, 2.24) is 5.32 Å². The summed E-state index contributed by atoms with van der Waals surface area (Å²) in [5.74, 6) is -0.0560. The monoisotopic (exact) mass is 290 g/mol. The van der Waals surface area contributed by atoms with Gasteiger partial charge in [-0.1, -0.05) is 30.4 Å². The molecule has 0 spiro atoms. The summed E-state index contributed by atoms with van der Waals surface area (Å²) in [7, 11) is 0. The van der Waals surface area contributed by atoms with Crippen LogP contribution in [0.5, 0.6) is 0 Å². The van der Waals surface area contributed by atoms with Crippen molar-refractivity contribution in [1.29, 1.82) is 0 Å². The average molecular weight is 290 g/mol. The molecule has 0 atom stereocenters. The second kappa shape index (κ2) is 5.95. The third-order valence-electron chi connectivity index (χ3n) is 2.76. The lowest BCUT2D eigenvalue weighted by molar-refractivity contribution is 0.0951. The topological polar surface area (TPSA) is 55.1 Å². The molecule has 0 aliphatic heterocycles. The molecule has 0 radical (unpaired) electrons. The number of nitrogens with one attached hydrogen (secondary N) is 1. The molecule has 98 valence electrons. The number of nitrogens with two attached hydrogens (primary N) is 1. The minimum absolute atomic E-state index is 0.0560. The summed E-state index contributed by atoms with van der Waals surface area (Å²) < 4.78 is 0. The molecular weight excluding hydrogens is 276 g/mol. The van der Waals surface area contributed by atoms with E-state index in [2.05, 4.69) is 5.32 Å². The molecule has 1 amide bonds. The molecule has 2 aromatic rings. The maximum absolute atomic E-state index is 12.0. The van der Waals surface area contributed by atoms with E-state index < -0.39 is 0 Å². The molecule has 1 aromatic heterocycles. The van der Waals surface area contributed by atoms with Crippen LogP contribution in [0.4, 0.5) is 0 Å². The smallest absolute Gasteiger partial charge is 0.252 e. The second-order valence-electron chi connectivity index (χ2n) is 4.22. The fourth-order valence-corrected chi connectivity index (χ4v) is 2.66. The Morgan fingerprint density at radius 1 is 1.42 bits per heavy atom. The van der Waals surface area contributed by atoms with Gasteiger partial charge in [-0.25, -0.2) is 0 Å². The van der Waals surface area contributed by atoms with E-state index in [-0.39, 0.29) is 5.91 Å². The van der Waals surface area contributed by atoms with Crippen LogP contribution in [0, 0.1) is 6.92 Å². The van der Waals surface area contributed by atoms with E-state index in [9.17, 15) is 4.79 Å². The quantitative estimate of drug-likeness (QED) is 0.851. The zero-order chi connectivity index (χ0) is 13.8. The summed E-state index contributed by atoms with van der Waals surface area (Å²) in [6, 6.07) is 7.56. The zero-order valence-electron chi connectivity index (χ0n) is 10.5. The molecule has 2 rings (SSSR count). The Labute approximate surface area is 121 Å². The Kier molecular flexibility index (Phi) is 4.29. The summed E-state index contributed by atoms with van der Waals surface area (Å²) in [6.07, 6.45) is 0. The highest BCUT2D eigenvalue weighted by Crippen LogP contribution is 2.13. The fraction of sp³-hybridized carbons (Fsp3) is 0.143. The van der Waals surface area contributed by atoms with E-state index in [4.69, 9.17) is 18.0 Å². The first-order valence-electron chi connectivity index (χ1n) is 5.77. The highest BCUT2D eigenvalue weighted by atomic mass is 32.1. The molecule has 19 heavy (non-hydrogen) atoms. The van der Waals surface area contributed by atoms with E-state index in [1.165, 1.54) is 11.3 Å².